The number of aliphatic hydroxyl groups excluding tert-OH is 1. The number of carbonyl (C=O) groups is 1. The topological polar surface area (TPSA) is 46.5 Å². The molecule has 0 radical (unpaired) electrons. The maximum Gasteiger partial charge on any atom is 0.316 e. The Kier molecular flexibility index (Phi) is 16.0. The Morgan fingerprint density at radius 2 is 1.65 bits per heavy atom. The minimum Gasteiger partial charge on any atom is -0.468 e. The maximum absolute atomic E-state index is 12.3. The van der Waals surface area contributed by atoms with Crippen molar-refractivity contribution in [3.05, 3.63) is 47.0 Å². The lowest BCUT2D eigenvalue weighted by atomic mass is 9.73. The van der Waals surface area contributed by atoms with E-state index >= 15 is 0 Å². The number of esters is 1. The van der Waals surface area contributed by atoms with Crippen molar-refractivity contribution in [1.29, 1.82) is 0 Å². The van der Waals surface area contributed by atoms with Crippen molar-refractivity contribution in [3.63, 3.8) is 0 Å². The molecule has 0 heterocycles. The number of aliphatic hydroxyl groups is 1. The van der Waals surface area contributed by atoms with Crippen LogP contribution in [-0.4, -0.2) is 24.8 Å². The van der Waals surface area contributed by atoms with Crippen molar-refractivity contribution < 1.29 is 14.6 Å². The number of carbonyl (C=O) groups excluding carboxylic acids is 1. The Morgan fingerprint density at radius 3 is 2.00 bits per heavy atom. The lowest BCUT2D eigenvalue weighted by Gasteiger charge is -2.31. The summed E-state index contributed by atoms with van der Waals surface area (Å²) < 4.78 is 5.00. The Balaban J connectivity index is 0. The summed E-state index contributed by atoms with van der Waals surface area (Å²) >= 11 is 0. The molecule has 0 aliphatic carbocycles. The minimum absolute atomic E-state index is 0.0211. The average Bonchev–Trinajstić information content (AvgIpc) is 2.67. The molecule has 150 valence electrons. The van der Waals surface area contributed by atoms with Gasteiger partial charge in [0, 0.05) is 6.61 Å². The van der Waals surface area contributed by atoms with E-state index in [9.17, 15) is 9.90 Å². The van der Waals surface area contributed by atoms with Gasteiger partial charge in [-0.15, -0.1) is 0 Å². The molecule has 0 amide bonds. The first-order valence-electron chi connectivity index (χ1n) is 9.73. The van der Waals surface area contributed by atoms with E-state index in [1.165, 1.54) is 12.7 Å². The summed E-state index contributed by atoms with van der Waals surface area (Å²) in [5, 5.41) is 9.35. The standard InChI is InChI=1S/C16H24O3.C5H10.C2H6/c1-4-5-10-16(11-12-17,15(18)19-3)14-8-6-13(2)7-9-14;1-4-5(2)3;1-2/h6-9,17H,4-5,10-12H2,1-3H3;4H,1-3H3;1-2H3. The van der Waals surface area contributed by atoms with E-state index in [4.69, 9.17) is 4.74 Å². The maximum atomic E-state index is 12.3. The van der Waals surface area contributed by atoms with Gasteiger partial charge in [0.1, 0.15) is 0 Å². The highest BCUT2D eigenvalue weighted by molar-refractivity contribution is 5.83. The normalized spacial score (nSPS) is 11.7. The quantitative estimate of drug-likeness (QED) is 0.478. The fourth-order valence-electron chi connectivity index (χ4n) is 2.47. The summed E-state index contributed by atoms with van der Waals surface area (Å²) in [6.45, 7) is 14.3. The van der Waals surface area contributed by atoms with Crippen molar-refractivity contribution in [1.82, 2.24) is 0 Å². The number of allylic oxidation sites excluding steroid dienone is 2. The van der Waals surface area contributed by atoms with Crippen LogP contribution >= 0.6 is 0 Å². The lowest BCUT2D eigenvalue weighted by Crippen LogP contribution is -2.38. The van der Waals surface area contributed by atoms with Crippen molar-refractivity contribution in [2.75, 3.05) is 13.7 Å². The predicted octanol–water partition coefficient (Wildman–Crippen LogP) is 5.98. The number of unbranched alkanes of at least 4 members (excludes halogenated alkanes) is 1. The summed E-state index contributed by atoms with van der Waals surface area (Å²) in [5.74, 6) is -0.251. The molecular formula is C23H40O3. The van der Waals surface area contributed by atoms with Crippen LogP contribution < -0.4 is 0 Å². The first-order valence-corrected chi connectivity index (χ1v) is 9.73. The van der Waals surface area contributed by atoms with E-state index in [1.807, 2.05) is 52.0 Å². The second-order valence-corrected chi connectivity index (χ2v) is 6.38. The highest BCUT2D eigenvalue weighted by Gasteiger charge is 2.40. The van der Waals surface area contributed by atoms with Gasteiger partial charge in [0.15, 0.2) is 0 Å². The molecule has 0 aliphatic rings. The molecule has 3 nitrogen and oxygen atoms in total. The van der Waals surface area contributed by atoms with Gasteiger partial charge in [0.25, 0.3) is 0 Å². The van der Waals surface area contributed by atoms with Crippen molar-refractivity contribution in [2.24, 2.45) is 0 Å². The molecule has 1 atom stereocenters. The molecule has 0 saturated carbocycles. The smallest absolute Gasteiger partial charge is 0.316 e. The zero-order valence-electron chi connectivity index (χ0n) is 18.2. The van der Waals surface area contributed by atoms with Crippen LogP contribution in [0, 0.1) is 6.92 Å². The largest absolute Gasteiger partial charge is 0.468 e. The molecule has 1 aromatic rings. The molecule has 1 N–H and O–H groups in total. The van der Waals surface area contributed by atoms with E-state index < -0.39 is 5.41 Å². The molecule has 26 heavy (non-hydrogen) atoms. The highest BCUT2D eigenvalue weighted by atomic mass is 16.5. The summed E-state index contributed by atoms with van der Waals surface area (Å²) in [4.78, 5) is 12.3. The van der Waals surface area contributed by atoms with Gasteiger partial charge in [-0.05, 0) is 46.1 Å². The zero-order chi connectivity index (χ0) is 20.6. The van der Waals surface area contributed by atoms with Crippen LogP contribution in [0.2, 0.25) is 0 Å². The molecule has 0 aromatic heterocycles. The number of benzene rings is 1. The first-order chi connectivity index (χ1) is 12.4. The van der Waals surface area contributed by atoms with Crippen LogP contribution in [0.5, 0.6) is 0 Å². The molecular weight excluding hydrogens is 324 g/mol. The van der Waals surface area contributed by atoms with E-state index in [2.05, 4.69) is 26.8 Å². The van der Waals surface area contributed by atoms with Gasteiger partial charge in [0.2, 0.25) is 0 Å². The van der Waals surface area contributed by atoms with E-state index in [1.54, 1.807) is 0 Å². The summed E-state index contributed by atoms with van der Waals surface area (Å²) in [6, 6.07) is 7.93. The third kappa shape index (κ3) is 9.19. The van der Waals surface area contributed by atoms with Gasteiger partial charge in [-0.25, -0.2) is 0 Å². The van der Waals surface area contributed by atoms with Crippen LogP contribution in [0.1, 0.15) is 78.4 Å². The average molecular weight is 365 g/mol. The SMILES string of the molecule is CC.CC=C(C)C.CCCCC(CCO)(C(=O)OC)c1ccc(C)cc1. The summed E-state index contributed by atoms with van der Waals surface area (Å²) in [5.41, 5.74) is 2.76. The Hall–Kier alpha value is -1.61. The molecule has 1 aromatic carbocycles. The summed E-state index contributed by atoms with van der Waals surface area (Å²) in [7, 11) is 1.41. The van der Waals surface area contributed by atoms with Gasteiger partial charge < -0.3 is 9.84 Å². The molecule has 0 bridgehead atoms. The van der Waals surface area contributed by atoms with E-state index in [-0.39, 0.29) is 12.6 Å². The predicted molar refractivity (Wildman–Crippen MR) is 113 cm³/mol. The van der Waals surface area contributed by atoms with Crippen molar-refractivity contribution >= 4 is 5.97 Å². The lowest BCUT2D eigenvalue weighted by molar-refractivity contribution is -0.148. The Bertz CT molecular complexity index is 499. The van der Waals surface area contributed by atoms with Crippen LogP contribution in [0.25, 0.3) is 0 Å². The molecule has 1 unspecified atom stereocenters. The second kappa shape index (κ2) is 15.6. The first kappa shape index (κ1) is 26.6. The van der Waals surface area contributed by atoms with Crippen molar-refractivity contribution in [2.45, 2.75) is 79.6 Å². The summed E-state index contributed by atoms with van der Waals surface area (Å²) in [6.07, 6.45) is 5.14. The zero-order valence-corrected chi connectivity index (χ0v) is 18.2. The Morgan fingerprint density at radius 1 is 1.15 bits per heavy atom. The van der Waals surface area contributed by atoms with E-state index in [0.29, 0.717) is 12.8 Å². The highest BCUT2D eigenvalue weighted by Crippen LogP contribution is 2.35. The fourth-order valence-corrected chi connectivity index (χ4v) is 2.47. The third-order valence-corrected chi connectivity index (χ3v) is 4.25. The van der Waals surface area contributed by atoms with Gasteiger partial charge >= 0.3 is 5.97 Å². The molecule has 0 fully saturated rings. The number of hydrogen-bond acceptors (Lipinski definition) is 3. The third-order valence-electron chi connectivity index (χ3n) is 4.25. The number of rotatable bonds is 7. The molecule has 0 saturated heterocycles. The van der Waals surface area contributed by atoms with Crippen molar-refractivity contribution in [3.8, 4) is 0 Å². The van der Waals surface area contributed by atoms with Gasteiger partial charge in [-0.1, -0.05) is 75.1 Å². The Labute approximate surface area is 161 Å². The van der Waals surface area contributed by atoms with Gasteiger partial charge in [-0.2, -0.15) is 0 Å². The number of ether oxygens (including phenoxy) is 1. The number of aryl methyl sites for hydroxylation is 1. The van der Waals surface area contributed by atoms with E-state index in [0.717, 1.165) is 24.0 Å². The fraction of sp³-hybridized carbons (Fsp3) is 0.609. The van der Waals surface area contributed by atoms with Crippen LogP contribution in [-0.2, 0) is 14.9 Å². The molecule has 1 rings (SSSR count). The van der Waals surface area contributed by atoms with Crippen LogP contribution in [0.3, 0.4) is 0 Å². The minimum atomic E-state index is -0.715. The van der Waals surface area contributed by atoms with Gasteiger partial charge in [-0.3, -0.25) is 4.79 Å². The molecule has 0 spiro atoms. The van der Waals surface area contributed by atoms with Gasteiger partial charge in [0.05, 0.1) is 12.5 Å². The monoisotopic (exact) mass is 364 g/mol. The van der Waals surface area contributed by atoms with Crippen LogP contribution in [0.15, 0.2) is 35.9 Å². The van der Waals surface area contributed by atoms with Crippen LogP contribution in [0.4, 0.5) is 0 Å². The second-order valence-electron chi connectivity index (χ2n) is 6.38. The number of methoxy groups -OCH3 is 1. The molecule has 0 aliphatic heterocycles. The number of hydrogen-bond donors (Lipinski definition) is 1. The molecule has 3 heteroatoms.